The smallest absolute Gasteiger partial charge is 0.104 e. The fourth-order valence-electron chi connectivity index (χ4n) is 1.50. The Bertz CT molecular complexity index is 414. The van der Waals surface area contributed by atoms with Gasteiger partial charge in [0.2, 0.25) is 0 Å². The first kappa shape index (κ1) is 14.0. The molecule has 0 spiro atoms. The van der Waals surface area contributed by atoms with Crippen molar-refractivity contribution >= 4 is 13.3 Å². The van der Waals surface area contributed by atoms with Gasteiger partial charge in [0.25, 0.3) is 0 Å². The third-order valence-corrected chi connectivity index (χ3v) is 4.50. The van der Waals surface area contributed by atoms with Gasteiger partial charge in [-0.3, -0.25) is 0 Å². The molecule has 0 fully saturated rings. The Morgan fingerprint density at radius 2 is 2.24 bits per heavy atom. The van der Waals surface area contributed by atoms with E-state index in [-0.39, 0.29) is 12.7 Å². The first-order valence-corrected chi connectivity index (χ1v) is 6.88. The summed E-state index contributed by atoms with van der Waals surface area (Å²) in [6.07, 6.45) is 0.847. The quantitative estimate of drug-likeness (QED) is 0.614. The molecule has 0 saturated heterocycles. The van der Waals surface area contributed by atoms with Crippen LogP contribution in [0.15, 0.2) is 22.8 Å². The first-order chi connectivity index (χ1) is 7.83. The summed E-state index contributed by atoms with van der Waals surface area (Å²) in [6, 6.07) is 3.11. The first-order valence-electron chi connectivity index (χ1n) is 5.00. The Labute approximate surface area is 99.3 Å². The van der Waals surface area contributed by atoms with E-state index < -0.39 is 19.0 Å². The van der Waals surface area contributed by atoms with E-state index in [0.29, 0.717) is 5.76 Å². The minimum Gasteiger partial charge on any atom is -0.798 e. The maximum absolute atomic E-state index is 11.8. The molecule has 96 valence electrons. The van der Waals surface area contributed by atoms with Crippen molar-refractivity contribution in [3.05, 3.63) is 24.2 Å². The number of nitrogens with zero attached hydrogens (tertiary/aromatic N) is 1. The summed E-state index contributed by atoms with van der Waals surface area (Å²) in [6.45, 7) is 0. The van der Waals surface area contributed by atoms with Gasteiger partial charge < -0.3 is 28.7 Å². The summed E-state index contributed by atoms with van der Waals surface area (Å²) in [4.78, 5) is 24.2. The number of carboxylic acids is 1. The molecule has 0 bridgehead atoms. The molecule has 0 aliphatic carbocycles. The third-order valence-electron chi connectivity index (χ3n) is 2.20. The van der Waals surface area contributed by atoms with Gasteiger partial charge in [0, 0.05) is 25.7 Å². The highest BCUT2D eigenvalue weighted by molar-refractivity contribution is 7.58. The molecule has 0 aromatic carbocycles. The topological polar surface area (TPSA) is 96.6 Å². The van der Waals surface area contributed by atoms with Crippen molar-refractivity contribution in [3.8, 4) is 0 Å². The maximum Gasteiger partial charge on any atom is 0.104 e. The highest BCUT2D eigenvalue weighted by Gasteiger charge is 2.25. The third kappa shape index (κ3) is 4.00. The highest BCUT2D eigenvalue weighted by Crippen LogP contribution is 2.43. The molecule has 0 saturated carbocycles. The normalized spacial score (nSPS) is 16.7. The van der Waals surface area contributed by atoms with Crippen LogP contribution in [0.5, 0.6) is 0 Å². The van der Waals surface area contributed by atoms with Crippen molar-refractivity contribution in [2.75, 3.05) is 20.4 Å². The largest absolute Gasteiger partial charge is 0.798 e. The second-order valence-electron chi connectivity index (χ2n) is 4.07. The van der Waals surface area contributed by atoms with Crippen LogP contribution in [0, 0.1) is 0 Å². The number of hydrogen-bond acceptors (Lipinski definition) is 6. The van der Waals surface area contributed by atoms with Crippen LogP contribution < -0.4 is 10.00 Å². The SMILES string of the molecule is CN(C)CP(=O)([O-])C(Cc1ccco1)C(=O)[O-]. The van der Waals surface area contributed by atoms with Gasteiger partial charge in [-0.15, -0.1) is 0 Å². The van der Waals surface area contributed by atoms with Crippen LogP contribution in [0.1, 0.15) is 5.76 Å². The number of hydrogen-bond donors (Lipinski definition) is 0. The molecule has 0 aliphatic rings. The molecule has 1 aromatic rings. The zero-order valence-corrected chi connectivity index (χ0v) is 10.6. The van der Waals surface area contributed by atoms with Gasteiger partial charge in [-0.25, -0.2) is 0 Å². The lowest BCUT2D eigenvalue weighted by Gasteiger charge is -2.34. The van der Waals surface area contributed by atoms with Crippen LogP contribution in [0.25, 0.3) is 0 Å². The molecule has 17 heavy (non-hydrogen) atoms. The molecule has 2 atom stereocenters. The number of furan rings is 1. The summed E-state index contributed by atoms with van der Waals surface area (Å²) < 4.78 is 16.8. The van der Waals surface area contributed by atoms with Gasteiger partial charge in [-0.1, -0.05) is 0 Å². The molecule has 2 unspecified atom stereocenters. The average Bonchev–Trinajstić information content (AvgIpc) is 2.63. The number of aliphatic carboxylic acids is 1. The van der Waals surface area contributed by atoms with Crippen molar-refractivity contribution in [2.24, 2.45) is 0 Å². The fourth-order valence-corrected chi connectivity index (χ4v) is 3.26. The van der Waals surface area contributed by atoms with E-state index in [1.165, 1.54) is 17.2 Å². The summed E-state index contributed by atoms with van der Waals surface area (Å²) in [7, 11) is -0.984. The lowest BCUT2D eigenvalue weighted by Crippen LogP contribution is -2.41. The molecular weight excluding hydrogens is 245 g/mol. The zero-order valence-electron chi connectivity index (χ0n) is 9.66. The molecule has 6 nitrogen and oxygen atoms in total. The molecule has 0 amide bonds. The lowest BCUT2D eigenvalue weighted by molar-refractivity contribution is -0.306. The molecule has 0 radical (unpaired) electrons. The van der Waals surface area contributed by atoms with Gasteiger partial charge in [-0.2, -0.15) is 0 Å². The second kappa shape index (κ2) is 5.49. The van der Waals surface area contributed by atoms with Crippen molar-refractivity contribution in [3.63, 3.8) is 0 Å². The van der Waals surface area contributed by atoms with E-state index in [0.717, 1.165) is 0 Å². The predicted molar refractivity (Wildman–Crippen MR) is 57.4 cm³/mol. The summed E-state index contributed by atoms with van der Waals surface area (Å²) in [5, 5.41) is 10.9. The van der Waals surface area contributed by atoms with Crippen LogP contribution in [-0.2, 0) is 15.8 Å². The number of carbonyl (C=O) groups is 1. The van der Waals surface area contributed by atoms with E-state index >= 15 is 0 Å². The Kier molecular flexibility index (Phi) is 4.51. The molecule has 0 aliphatic heterocycles. The molecular formula is C10H14NO5P-2. The van der Waals surface area contributed by atoms with Crippen molar-refractivity contribution < 1.29 is 23.8 Å². The molecule has 1 aromatic heterocycles. The van der Waals surface area contributed by atoms with E-state index in [1.54, 1.807) is 20.2 Å². The number of carbonyl (C=O) groups excluding carboxylic acids is 1. The highest BCUT2D eigenvalue weighted by atomic mass is 31.2. The van der Waals surface area contributed by atoms with Crippen molar-refractivity contribution in [1.82, 2.24) is 4.90 Å². The number of rotatable bonds is 6. The Morgan fingerprint density at radius 3 is 2.65 bits per heavy atom. The van der Waals surface area contributed by atoms with Gasteiger partial charge >= 0.3 is 0 Å². The van der Waals surface area contributed by atoms with Crippen LogP contribution in [0.3, 0.4) is 0 Å². The molecule has 0 N–H and O–H groups in total. The zero-order chi connectivity index (χ0) is 13.1. The number of carboxylic acid groups (broad SMARTS) is 1. The lowest BCUT2D eigenvalue weighted by atomic mass is 10.2. The molecule has 1 heterocycles. The van der Waals surface area contributed by atoms with Crippen LogP contribution in [-0.4, -0.2) is 36.9 Å². The minimum absolute atomic E-state index is 0.204. The van der Waals surface area contributed by atoms with Gasteiger partial charge in [0.05, 0.1) is 12.2 Å². The average molecular weight is 259 g/mol. The monoisotopic (exact) mass is 259 g/mol. The van der Waals surface area contributed by atoms with E-state index in [4.69, 9.17) is 4.42 Å². The van der Waals surface area contributed by atoms with E-state index in [2.05, 4.69) is 0 Å². The van der Waals surface area contributed by atoms with Crippen LogP contribution in [0.2, 0.25) is 0 Å². The summed E-state index contributed by atoms with van der Waals surface area (Å²) >= 11 is 0. The standard InChI is InChI=1S/C10H16NO5P/c1-11(2)7-17(14,15)9(10(12)13)6-8-4-3-5-16-8/h3-5,9H,6-7H2,1-2H3,(H,12,13)(H,14,15)/p-2. The molecule has 7 heteroatoms. The minimum atomic E-state index is -4.10. The maximum atomic E-state index is 11.8. The van der Waals surface area contributed by atoms with Crippen molar-refractivity contribution in [2.45, 2.75) is 12.1 Å². The van der Waals surface area contributed by atoms with Crippen molar-refractivity contribution in [1.29, 1.82) is 0 Å². The Hall–Kier alpha value is -1.10. The summed E-state index contributed by atoms with van der Waals surface area (Å²) in [5.74, 6) is -1.28. The van der Waals surface area contributed by atoms with Gasteiger partial charge in [0.15, 0.2) is 0 Å². The van der Waals surface area contributed by atoms with E-state index in [9.17, 15) is 19.4 Å². The van der Waals surface area contributed by atoms with E-state index in [1.807, 2.05) is 0 Å². The second-order valence-corrected chi connectivity index (χ2v) is 6.42. The van der Waals surface area contributed by atoms with Gasteiger partial charge in [-0.05, 0) is 26.2 Å². The van der Waals surface area contributed by atoms with Crippen LogP contribution >= 0.6 is 7.37 Å². The summed E-state index contributed by atoms with van der Waals surface area (Å²) in [5.41, 5.74) is -1.56. The predicted octanol–water partition coefficient (Wildman–Crippen LogP) is -0.902. The van der Waals surface area contributed by atoms with Gasteiger partial charge in [0.1, 0.15) is 5.76 Å². The fraction of sp³-hybridized carbons (Fsp3) is 0.500. The molecule has 1 rings (SSSR count). The van der Waals surface area contributed by atoms with Crippen LogP contribution in [0.4, 0.5) is 0 Å². The Balaban J connectivity index is 2.86. The Morgan fingerprint density at radius 1 is 1.59 bits per heavy atom.